The number of rotatable bonds is 9. The molecular weight excluding hydrogens is 481 g/mol. The van der Waals surface area contributed by atoms with Crippen LogP contribution in [0.5, 0.6) is 0 Å². The maximum absolute atomic E-state index is 11.5. The number of benzene rings is 1. The normalized spacial score (nSPS) is 13.1. The number of nitrogens with one attached hydrogen (secondary N) is 1. The van der Waals surface area contributed by atoms with Crippen molar-refractivity contribution in [1.82, 2.24) is 9.65 Å². The van der Waals surface area contributed by atoms with Crippen molar-refractivity contribution in [3.8, 4) is 0 Å². The molecule has 0 unspecified atom stereocenters. The molecule has 1 amide bonds. The molecule has 7 N–H and O–H groups in total. The van der Waals surface area contributed by atoms with E-state index in [1.807, 2.05) is 13.8 Å². The molecule has 0 aliphatic rings. The summed E-state index contributed by atoms with van der Waals surface area (Å²) in [5.41, 5.74) is 6.30. The summed E-state index contributed by atoms with van der Waals surface area (Å²) in [5.74, 6) is -2.38. The van der Waals surface area contributed by atoms with Crippen LogP contribution in [-0.4, -0.2) is 54.3 Å². The summed E-state index contributed by atoms with van der Waals surface area (Å²) in [6.45, 7) is 3.80. The fourth-order valence-corrected chi connectivity index (χ4v) is 4.01. The number of carbonyl (C=O) groups is 3. The Hall–Kier alpha value is -3.44. The molecule has 0 radical (unpaired) electrons. The van der Waals surface area contributed by atoms with E-state index in [-0.39, 0.29) is 18.1 Å². The zero-order valence-electron chi connectivity index (χ0n) is 19.1. The highest BCUT2D eigenvalue weighted by atomic mass is 31.2. The molecule has 0 saturated carbocycles. The number of carboxylic acids is 2. The molecule has 35 heavy (non-hydrogen) atoms. The lowest BCUT2D eigenvalue weighted by atomic mass is 10.0. The number of hydrogen-bond acceptors (Lipinski definition) is 6. The molecule has 3 aromatic rings. The number of carboxylic acid groups (broad SMARTS) is 2. The van der Waals surface area contributed by atoms with Gasteiger partial charge in [0.15, 0.2) is 5.76 Å². The second-order valence-corrected chi connectivity index (χ2v) is 9.61. The lowest BCUT2D eigenvalue weighted by Crippen LogP contribution is -2.41. The van der Waals surface area contributed by atoms with E-state index in [2.05, 4.69) is 5.32 Å². The van der Waals surface area contributed by atoms with Crippen molar-refractivity contribution in [3.05, 3.63) is 60.2 Å². The molecule has 2 heterocycles. The Kier molecular flexibility index (Phi) is 9.38. The van der Waals surface area contributed by atoms with Gasteiger partial charge >= 0.3 is 19.7 Å². The van der Waals surface area contributed by atoms with E-state index >= 15 is 0 Å². The summed E-state index contributed by atoms with van der Waals surface area (Å²) in [6.07, 6.45) is 3.02. The third-order valence-electron chi connectivity index (χ3n) is 4.87. The minimum Gasteiger partial charge on any atom is -0.480 e. The van der Waals surface area contributed by atoms with Crippen molar-refractivity contribution in [2.24, 2.45) is 11.7 Å². The van der Waals surface area contributed by atoms with E-state index in [4.69, 9.17) is 20.4 Å². The number of furan rings is 1. The Morgan fingerprint density at radius 3 is 2.26 bits per heavy atom. The van der Waals surface area contributed by atoms with E-state index in [0.717, 1.165) is 4.34 Å². The van der Waals surface area contributed by atoms with Gasteiger partial charge in [-0.25, -0.2) is 9.36 Å². The Bertz CT molecular complexity index is 1210. The molecule has 2 aromatic heterocycles. The van der Waals surface area contributed by atoms with E-state index in [0.29, 0.717) is 22.9 Å². The Morgan fingerprint density at radius 1 is 1.09 bits per heavy atom. The summed E-state index contributed by atoms with van der Waals surface area (Å²) in [7, 11) is -4.48. The third-order valence-corrected chi connectivity index (χ3v) is 5.76. The van der Waals surface area contributed by atoms with Crippen molar-refractivity contribution >= 4 is 36.5 Å². The highest BCUT2D eigenvalue weighted by molar-refractivity contribution is 7.50. The number of amides is 1. The fourth-order valence-electron chi connectivity index (χ4n) is 3.26. The van der Waals surface area contributed by atoms with Gasteiger partial charge in [-0.1, -0.05) is 32.0 Å². The van der Waals surface area contributed by atoms with Gasteiger partial charge < -0.3 is 35.5 Å². The molecule has 0 spiro atoms. The van der Waals surface area contributed by atoms with Crippen LogP contribution in [0.15, 0.2) is 53.3 Å². The smallest absolute Gasteiger partial charge is 0.434 e. The van der Waals surface area contributed by atoms with E-state index in [1.54, 1.807) is 30.3 Å². The van der Waals surface area contributed by atoms with Crippen molar-refractivity contribution < 1.29 is 43.4 Å². The molecule has 2 atom stereocenters. The first-order chi connectivity index (χ1) is 16.3. The summed E-state index contributed by atoms with van der Waals surface area (Å²) in [6, 6.07) is 7.66. The number of nitrogens with zero attached hydrogens (tertiary/aromatic N) is 1. The molecule has 3 rings (SSSR count). The van der Waals surface area contributed by atoms with Gasteiger partial charge in [-0.2, -0.15) is 0 Å². The number of nitrogens with two attached hydrogens (primary N) is 1. The fraction of sp³-hybridized carbons (Fsp3) is 0.318. The summed E-state index contributed by atoms with van der Waals surface area (Å²) >= 11 is 0. The highest BCUT2D eigenvalue weighted by Crippen LogP contribution is 2.41. The number of aliphatic carboxylic acids is 2. The van der Waals surface area contributed by atoms with Crippen LogP contribution in [0, 0.1) is 5.92 Å². The average Bonchev–Trinajstić information content (AvgIpc) is 3.42. The maximum atomic E-state index is 11.5. The summed E-state index contributed by atoms with van der Waals surface area (Å²) in [4.78, 5) is 51.7. The number of aromatic nitrogens is 1. The monoisotopic (exact) mass is 509 g/mol. The molecule has 13 heteroatoms. The average molecular weight is 509 g/mol. The quantitative estimate of drug-likeness (QED) is 0.231. The molecular formula is C22H28N3O9P. The number of carbonyl (C=O) groups excluding carboxylic acids is 1. The highest BCUT2D eigenvalue weighted by Gasteiger charge is 2.24. The van der Waals surface area contributed by atoms with Gasteiger partial charge in [-0.3, -0.25) is 13.9 Å². The van der Waals surface area contributed by atoms with E-state index < -0.39 is 37.7 Å². The Balaban J connectivity index is 0.000000251. The first-order valence-corrected chi connectivity index (χ1v) is 12.1. The van der Waals surface area contributed by atoms with Gasteiger partial charge in [-0.05, 0) is 36.1 Å². The third kappa shape index (κ3) is 7.79. The van der Waals surface area contributed by atoms with Gasteiger partial charge in [0.05, 0.1) is 11.8 Å². The van der Waals surface area contributed by atoms with Gasteiger partial charge in [0, 0.05) is 18.0 Å². The summed E-state index contributed by atoms with van der Waals surface area (Å²) in [5, 5.41) is 20.7. The second-order valence-electron chi connectivity index (χ2n) is 8.15. The topological polar surface area (TPSA) is 205 Å². The molecule has 12 nitrogen and oxygen atoms in total. The van der Waals surface area contributed by atoms with Gasteiger partial charge in [0.25, 0.3) is 5.91 Å². The van der Waals surface area contributed by atoms with Crippen LogP contribution in [0.2, 0.25) is 0 Å². The van der Waals surface area contributed by atoms with Crippen LogP contribution in [0.4, 0.5) is 0 Å². The van der Waals surface area contributed by atoms with Crippen LogP contribution < -0.4 is 11.1 Å². The van der Waals surface area contributed by atoms with Crippen molar-refractivity contribution in [2.45, 2.75) is 38.8 Å². The predicted molar refractivity (Wildman–Crippen MR) is 126 cm³/mol. The maximum Gasteiger partial charge on any atom is 0.434 e. The Labute approximate surface area is 200 Å². The molecule has 0 fully saturated rings. The lowest BCUT2D eigenvalue weighted by molar-refractivity contribution is -0.140. The van der Waals surface area contributed by atoms with Crippen LogP contribution in [-0.2, 0) is 20.6 Å². The van der Waals surface area contributed by atoms with Crippen LogP contribution in [0.3, 0.4) is 0 Å². The SMILES string of the molecule is CC(C)C[C@H](NC(=O)c1ccco1)C(=O)O.N[C@@H](Cc1cn(P(=O)(O)O)c2ccccc12)C(=O)O. The van der Waals surface area contributed by atoms with Crippen LogP contribution in [0.1, 0.15) is 36.4 Å². The first-order valence-electron chi connectivity index (χ1n) is 10.5. The minimum atomic E-state index is -4.48. The van der Waals surface area contributed by atoms with Gasteiger partial charge in [0.2, 0.25) is 0 Å². The molecule has 1 aromatic carbocycles. The zero-order valence-corrected chi connectivity index (χ0v) is 20.0. The predicted octanol–water partition coefficient (Wildman–Crippen LogP) is 2.05. The number of hydrogen-bond donors (Lipinski definition) is 6. The van der Waals surface area contributed by atoms with Crippen molar-refractivity contribution in [2.75, 3.05) is 0 Å². The molecule has 0 aliphatic carbocycles. The largest absolute Gasteiger partial charge is 0.480 e. The number of fused-ring (bicyclic) bond motifs is 1. The number of para-hydroxylation sites is 1. The van der Waals surface area contributed by atoms with E-state index in [1.165, 1.54) is 18.5 Å². The molecule has 0 aliphatic heterocycles. The minimum absolute atomic E-state index is 0.00282. The van der Waals surface area contributed by atoms with Gasteiger partial charge in [-0.15, -0.1) is 0 Å². The van der Waals surface area contributed by atoms with E-state index in [9.17, 15) is 28.7 Å². The zero-order chi connectivity index (χ0) is 26.3. The lowest BCUT2D eigenvalue weighted by Gasteiger charge is -2.15. The first kappa shape index (κ1) is 27.8. The Morgan fingerprint density at radius 2 is 1.74 bits per heavy atom. The molecule has 0 saturated heterocycles. The van der Waals surface area contributed by atoms with Gasteiger partial charge in [0.1, 0.15) is 12.1 Å². The summed E-state index contributed by atoms with van der Waals surface area (Å²) < 4.78 is 17.1. The second kappa shape index (κ2) is 11.8. The van der Waals surface area contributed by atoms with Crippen molar-refractivity contribution in [1.29, 1.82) is 0 Å². The van der Waals surface area contributed by atoms with Crippen LogP contribution in [0.25, 0.3) is 10.9 Å². The standard InChI is InChI=1S/C11H13N2O5P.C11H15NO4/c12-9(11(14)15)5-7-6-13(19(16,17)18)10-4-2-1-3-8(7)10;1-7(2)6-8(11(14)15)12-10(13)9-4-3-5-16-9/h1-4,6,9H,5,12H2,(H,14,15)(H2,16,17,18);3-5,7-8H,6H2,1-2H3,(H,12,13)(H,14,15)/t9-;8-/m00/s1. The van der Waals surface area contributed by atoms with Crippen LogP contribution >= 0.6 is 7.75 Å². The molecule has 190 valence electrons. The van der Waals surface area contributed by atoms with Crippen molar-refractivity contribution in [3.63, 3.8) is 0 Å². The molecule has 0 bridgehead atoms.